The third kappa shape index (κ3) is 2.49. The van der Waals surface area contributed by atoms with Gasteiger partial charge in [0.25, 0.3) is 0 Å². The summed E-state index contributed by atoms with van der Waals surface area (Å²) in [6.45, 7) is 0.652. The van der Waals surface area contributed by atoms with Crippen LogP contribution in [-0.2, 0) is 13.5 Å². The van der Waals surface area contributed by atoms with Gasteiger partial charge in [0.05, 0.1) is 0 Å². The Kier molecular flexibility index (Phi) is 3.83. The molecule has 1 atom stereocenters. The summed E-state index contributed by atoms with van der Waals surface area (Å²) >= 11 is 7.88. The quantitative estimate of drug-likeness (QED) is 0.770. The minimum atomic E-state index is 0.346. The summed E-state index contributed by atoms with van der Waals surface area (Å²) in [5, 5.41) is 4.14. The molecular formula is C16H17ClN2S. The second-order valence-electron chi connectivity index (χ2n) is 5.07. The topological polar surface area (TPSA) is 30.9 Å². The number of benzene rings is 1. The minimum Gasteiger partial charge on any atom is -0.350 e. The van der Waals surface area contributed by atoms with Gasteiger partial charge in [-0.25, -0.2) is 0 Å². The summed E-state index contributed by atoms with van der Waals surface area (Å²) in [7, 11) is 2.06. The van der Waals surface area contributed by atoms with Gasteiger partial charge in [-0.05, 0) is 42.1 Å². The highest BCUT2D eigenvalue weighted by Crippen LogP contribution is 2.31. The molecule has 4 heteroatoms. The van der Waals surface area contributed by atoms with Crippen molar-refractivity contribution in [3.8, 4) is 0 Å². The number of nitrogens with zero attached hydrogens (tertiary/aromatic N) is 1. The van der Waals surface area contributed by atoms with E-state index in [2.05, 4.69) is 41.4 Å². The second-order valence-corrected chi connectivity index (χ2v) is 6.54. The van der Waals surface area contributed by atoms with Crippen molar-refractivity contribution in [3.05, 3.63) is 57.4 Å². The van der Waals surface area contributed by atoms with Crippen LogP contribution < -0.4 is 5.73 Å². The highest BCUT2D eigenvalue weighted by molar-refractivity contribution is 7.09. The van der Waals surface area contributed by atoms with Gasteiger partial charge in [-0.1, -0.05) is 23.7 Å². The summed E-state index contributed by atoms with van der Waals surface area (Å²) in [6, 6.07) is 10.3. The lowest BCUT2D eigenvalue weighted by Gasteiger charge is -2.13. The van der Waals surface area contributed by atoms with E-state index >= 15 is 0 Å². The maximum absolute atomic E-state index is 6.09. The number of halogens is 1. The fraction of sp³-hybridized carbons (Fsp3) is 0.250. The molecule has 1 unspecified atom stereocenters. The molecule has 3 aromatic rings. The zero-order valence-electron chi connectivity index (χ0n) is 11.3. The van der Waals surface area contributed by atoms with Gasteiger partial charge in [0.15, 0.2) is 0 Å². The van der Waals surface area contributed by atoms with Crippen LogP contribution in [0.4, 0.5) is 0 Å². The fourth-order valence-corrected chi connectivity index (χ4v) is 3.66. The molecule has 0 saturated heterocycles. The van der Waals surface area contributed by atoms with Crippen LogP contribution in [0.5, 0.6) is 0 Å². The molecule has 0 spiro atoms. The van der Waals surface area contributed by atoms with E-state index in [4.69, 9.17) is 17.3 Å². The predicted octanol–water partition coefficient (Wildman–Crippen LogP) is 4.18. The van der Waals surface area contributed by atoms with Gasteiger partial charge in [-0.2, -0.15) is 0 Å². The summed E-state index contributed by atoms with van der Waals surface area (Å²) < 4.78 is 2.13. The number of aryl methyl sites for hydroxylation is 1. The molecule has 2 heterocycles. The molecule has 0 aliphatic carbocycles. The predicted molar refractivity (Wildman–Crippen MR) is 87.7 cm³/mol. The van der Waals surface area contributed by atoms with Crippen LogP contribution in [0, 0.1) is 0 Å². The van der Waals surface area contributed by atoms with Crippen molar-refractivity contribution >= 4 is 33.8 Å². The highest BCUT2D eigenvalue weighted by atomic mass is 35.5. The number of hydrogen-bond acceptors (Lipinski definition) is 2. The van der Waals surface area contributed by atoms with Crippen LogP contribution >= 0.6 is 22.9 Å². The van der Waals surface area contributed by atoms with Gasteiger partial charge in [-0.15, -0.1) is 11.3 Å². The van der Waals surface area contributed by atoms with Crippen LogP contribution in [0.25, 0.3) is 10.9 Å². The maximum atomic E-state index is 6.09. The van der Waals surface area contributed by atoms with E-state index in [1.807, 2.05) is 12.1 Å². The molecule has 2 aromatic heterocycles. The first-order valence-corrected chi connectivity index (χ1v) is 7.91. The van der Waals surface area contributed by atoms with Crippen LogP contribution in [0.3, 0.4) is 0 Å². The monoisotopic (exact) mass is 304 g/mol. The average molecular weight is 305 g/mol. The van der Waals surface area contributed by atoms with Crippen molar-refractivity contribution in [2.75, 3.05) is 6.54 Å². The van der Waals surface area contributed by atoms with E-state index in [1.165, 1.54) is 15.8 Å². The molecule has 0 aliphatic heterocycles. The summed E-state index contributed by atoms with van der Waals surface area (Å²) in [6.07, 6.45) is 3.18. The molecule has 0 aliphatic rings. The van der Waals surface area contributed by atoms with E-state index in [1.54, 1.807) is 11.3 Å². The Balaban J connectivity index is 2.03. The zero-order chi connectivity index (χ0) is 14.1. The Morgan fingerprint density at radius 3 is 2.90 bits per heavy atom. The van der Waals surface area contributed by atoms with E-state index in [9.17, 15) is 0 Å². The molecule has 0 amide bonds. The zero-order valence-corrected chi connectivity index (χ0v) is 12.9. The van der Waals surface area contributed by atoms with Gasteiger partial charge in [0, 0.05) is 40.0 Å². The third-order valence-electron chi connectivity index (χ3n) is 3.74. The van der Waals surface area contributed by atoms with Gasteiger partial charge in [-0.3, -0.25) is 0 Å². The van der Waals surface area contributed by atoms with Crippen LogP contribution in [-0.4, -0.2) is 11.1 Å². The SMILES string of the molecule is Cn1cc(C(CN)Cc2cccs2)c2ccc(Cl)cc21. The minimum absolute atomic E-state index is 0.346. The number of aromatic nitrogens is 1. The number of rotatable bonds is 4. The lowest BCUT2D eigenvalue weighted by atomic mass is 9.95. The molecule has 0 saturated carbocycles. The lowest BCUT2D eigenvalue weighted by molar-refractivity contribution is 0.703. The molecule has 0 fully saturated rings. The molecule has 1 aromatic carbocycles. The third-order valence-corrected chi connectivity index (χ3v) is 4.87. The molecule has 20 heavy (non-hydrogen) atoms. The van der Waals surface area contributed by atoms with Crippen molar-refractivity contribution in [1.29, 1.82) is 0 Å². The lowest BCUT2D eigenvalue weighted by Crippen LogP contribution is -2.14. The molecule has 2 nitrogen and oxygen atoms in total. The molecule has 3 rings (SSSR count). The van der Waals surface area contributed by atoms with E-state index in [0.717, 1.165) is 17.0 Å². The van der Waals surface area contributed by atoms with Crippen molar-refractivity contribution in [1.82, 2.24) is 4.57 Å². The first-order chi connectivity index (χ1) is 9.69. The largest absolute Gasteiger partial charge is 0.350 e. The van der Waals surface area contributed by atoms with Crippen molar-refractivity contribution in [3.63, 3.8) is 0 Å². The summed E-state index contributed by atoms with van der Waals surface area (Å²) in [4.78, 5) is 1.38. The van der Waals surface area contributed by atoms with Crippen molar-refractivity contribution in [2.45, 2.75) is 12.3 Å². The van der Waals surface area contributed by atoms with Crippen LogP contribution in [0.1, 0.15) is 16.4 Å². The molecular weight excluding hydrogens is 288 g/mol. The van der Waals surface area contributed by atoms with E-state index in [0.29, 0.717) is 12.5 Å². The van der Waals surface area contributed by atoms with E-state index < -0.39 is 0 Å². The Morgan fingerprint density at radius 1 is 1.35 bits per heavy atom. The van der Waals surface area contributed by atoms with Gasteiger partial charge in [0.2, 0.25) is 0 Å². The fourth-order valence-electron chi connectivity index (χ4n) is 2.71. The van der Waals surface area contributed by atoms with Gasteiger partial charge >= 0.3 is 0 Å². The number of nitrogens with two attached hydrogens (primary N) is 1. The number of fused-ring (bicyclic) bond motifs is 1. The molecule has 104 valence electrons. The Morgan fingerprint density at radius 2 is 2.20 bits per heavy atom. The number of hydrogen-bond donors (Lipinski definition) is 1. The molecule has 2 N–H and O–H groups in total. The van der Waals surface area contributed by atoms with Crippen LogP contribution in [0.2, 0.25) is 5.02 Å². The summed E-state index contributed by atoms with van der Waals surface area (Å²) in [5.74, 6) is 0.346. The second kappa shape index (κ2) is 5.60. The maximum Gasteiger partial charge on any atom is 0.0495 e. The average Bonchev–Trinajstić information content (AvgIpc) is 3.05. The Labute approximate surface area is 127 Å². The van der Waals surface area contributed by atoms with Crippen molar-refractivity contribution in [2.24, 2.45) is 12.8 Å². The smallest absolute Gasteiger partial charge is 0.0495 e. The van der Waals surface area contributed by atoms with Crippen LogP contribution in [0.15, 0.2) is 41.9 Å². The van der Waals surface area contributed by atoms with Crippen molar-refractivity contribution < 1.29 is 0 Å². The first kappa shape index (κ1) is 13.7. The van der Waals surface area contributed by atoms with E-state index in [-0.39, 0.29) is 0 Å². The van der Waals surface area contributed by atoms with Gasteiger partial charge < -0.3 is 10.3 Å². The normalized spacial score (nSPS) is 12.9. The Bertz CT molecular complexity index is 715. The first-order valence-electron chi connectivity index (χ1n) is 6.66. The van der Waals surface area contributed by atoms with Gasteiger partial charge in [0.1, 0.15) is 0 Å². The summed E-state index contributed by atoms with van der Waals surface area (Å²) in [5.41, 5.74) is 8.50. The number of thiophene rings is 1. The molecule has 0 bridgehead atoms. The standard InChI is InChI=1S/C16H17ClN2S/c1-19-10-15(14-5-4-12(17)8-16(14)19)11(9-18)7-13-3-2-6-20-13/h2-6,8,10-11H,7,9,18H2,1H3. The highest BCUT2D eigenvalue weighted by Gasteiger charge is 2.17. The Hall–Kier alpha value is -1.29. The molecule has 0 radical (unpaired) electrons.